The number of carboxylic acid groups (broad SMARTS) is 1. The molecule has 0 saturated heterocycles. The van der Waals surface area contributed by atoms with Crippen LogP contribution in [0.1, 0.15) is 37.0 Å². The number of hydrogen-bond donors (Lipinski definition) is 3. The van der Waals surface area contributed by atoms with E-state index in [1.807, 2.05) is 18.2 Å². The number of ether oxygens (including phenoxy) is 1. The molecule has 0 spiro atoms. The molecule has 2 aromatic carbocycles. The molecule has 0 amide bonds. The van der Waals surface area contributed by atoms with E-state index in [1.54, 1.807) is 37.3 Å². The Bertz CT molecular complexity index is 827. The van der Waals surface area contributed by atoms with E-state index in [1.165, 1.54) is 0 Å². The molecule has 142 valence electrons. The fourth-order valence-corrected chi connectivity index (χ4v) is 2.85. The number of aliphatic hydroxyl groups excluding tert-OH is 1. The minimum Gasteiger partial charge on any atom is -0.491 e. The number of nitrogens with zero attached hydrogens (tertiary/aromatic N) is 1. The molecule has 0 aliphatic carbocycles. The maximum Gasteiger partial charge on any atom is 0.333 e. The molecule has 2 aromatic rings. The summed E-state index contributed by atoms with van der Waals surface area (Å²) in [6.45, 7) is 3.54. The highest BCUT2D eigenvalue weighted by Crippen LogP contribution is 2.35. The van der Waals surface area contributed by atoms with Crippen LogP contribution in [-0.4, -0.2) is 29.4 Å². The second-order valence-corrected chi connectivity index (χ2v) is 6.40. The molecule has 0 radical (unpaired) electrons. The van der Waals surface area contributed by atoms with Gasteiger partial charge in [-0.1, -0.05) is 19.4 Å². The zero-order chi connectivity index (χ0) is 19.9. The lowest BCUT2D eigenvalue weighted by Crippen LogP contribution is -2.41. The van der Waals surface area contributed by atoms with E-state index < -0.39 is 11.5 Å². The van der Waals surface area contributed by atoms with Gasteiger partial charge in [-0.05, 0) is 55.3 Å². The van der Waals surface area contributed by atoms with E-state index in [2.05, 4.69) is 12.2 Å². The molecule has 0 fully saturated rings. The van der Waals surface area contributed by atoms with Crippen LogP contribution >= 0.6 is 0 Å². The van der Waals surface area contributed by atoms with Crippen molar-refractivity contribution < 1.29 is 19.7 Å². The Kier molecular flexibility index (Phi) is 6.80. The Hall–Kier alpha value is -3.04. The summed E-state index contributed by atoms with van der Waals surface area (Å²) in [5, 5.41) is 31.1. The van der Waals surface area contributed by atoms with Crippen molar-refractivity contribution in [2.45, 2.75) is 32.2 Å². The van der Waals surface area contributed by atoms with Crippen LogP contribution in [0.15, 0.2) is 42.5 Å². The van der Waals surface area contributed by atoms with Crippen LogP contribution in [0.3, 0.4) is 0 Å². The number of aliphatic hydroxyl groups is 1. The number of nitriles is 1. The van der Waals surface area contributed by atoms with Crippen molar-refractivity contribution in [2.24, 2.45) is 0 Å². The van der Waals surface area contributed by atoms with E-state index in [9.17, 15) is 9.90 Å². The zero-order valence-corrected chi connectivity index (χ0v) is 15.5. The third-order valence-electron chi connectivity index (χ3n) is 4.31. The second kappa shape index (κ2) is 9.06. The van der Waals surface area contributed by atoms with Gasteiger partial charge < -0.3 is 20.3 Å². The fourth-order valence-electron chi connectivity index (χ4n) is 2.85. The van der Waals surface area contributed by atoms with Gasteiger partial charge in [-0.15, -0.1) is 0 Å². The van der Waals surface area contributed by atoms with Crippen LogP contribution in [0.4, 0.5) is 5.69 Å². The standard InChI is InChI=1S/C21H24N2O4/c1-3-4-15-7-10-19(27-12-11-24)18(13-15)21(2,20(25)26)23-17-8-5-16(14-22)6-9-17/h5-10,13,23-24H,3-4,11-12H2,1-2H3,(H,25,26). The first-order valence-corrected chi connectivity index (χ1v) is 8.83. The summed E-state index contributed by atoms with van der Waals surface area (Å²) in [6, 6.07) is 14.1. The molecule has 1 atom stereocenters. The molecule has 0 heterocycles. The first-order valence-electron chi connectivity index (χ1n) is 8.83. The van der Waals surface area contributed by atoms with Crippen molar-refractivity contribution in [2.75, 3.05) is 18.5 Å². The summed E-state index contributed by atoms with van der Waals surface area (Å²) in [5.74, 6) is -0.649. The number of nitrogens with one attached hydrogen (secondary N) is 1. The number of aryl methyl sites for hydroxylation is 1. The molecule has 6 nitrogen and oxygen atoms in total. The number of rotatable bonds is 9. The normalized spacial score (nSPS) is 12.7. The quantitative estimate of drug-likeness (QED) is 0.628. The van der Waals surface area contributed by atoms with Gasteiger partial charge in [0, 0.05) is 11.3 Å². The Balaban J connectivity index is 2.49. The molecule has 6 heteroatoms. The van der Waals surface area contributed by atoms with Gasteiger partial charge >= 0.3 is 5.97 Å². The van der Waals surface area contributed by atoms with Crippen LogP contribution in [0, 0.1) is 11.3 Å². The molecule has 2 rings (SSSR count). The van der Waals surface area contributed by atoms with Crippen molar-refractivity contribution >= 4 is 11.7 Å². The molecule has 0 aliphatic rings. The highest BCUT2D eigenvalue weighted by Gasteiger charge is 2.38. The number of anilines is 1. The van der Waals surface area contributed by atoms with Crippen LogP contribution in [0.5, 0.6) is 5.75 Å². The first kappa shape index (κ1) is 20.3. The Morgan fingerprint density at radius 2 is 1.96 bits per heavy atom. The summed E-state index contributed by atoms with van der Waals surface area (Å²) < 4.78 is 5.59. The highest BCUT2D eigenvalue weighted by molar-refractivity contribution is 5.85. The molecule has 0 saturated carbocycles. The number of carbonyl (C=O) groups is 1. The zero-order valence-electron chi connectivity index (χ0n) is 15.5. The lowest BCUT2D eigenvalue weighted by atomic mass is 9.88. The van der Waals surface area contributed by atoms with E-state index >= 15 is 0 Å². The largest absolute Gasteiger partial charge is 0.491 e. The summed E-state index contributed by atoms with van der Waals surface area (Å²) in [7, 11) is 0. The third-order valence-corrected chi connectivity index (χ3v) is 4.31. The van der Waals surface area contributed by atoms with Gasteiger partial charge in [0.05, 0.1) is 18.2 Å². The predicted molar refractivity (Wildman–Crippen MR) is 103 cm³/mol. The van der Waals surface area contributed by atoms with Gasteiger partial charge in [0.1, 0.15) is 12.4 Å². The molecular weight excluding hydrogens is 344 g/mol. The van der Waals surface area contributed by atoms with E-state index in [-0.39, 0.29) is 13.2 Å². The van der Waals surface area contributed by atoms with Crippen molar-refractivity contribution in [1.82, 2.24) is 0 Å². The minimum atomic E-state index is -1.46. The second-order valence-electron chi connectivity index (χ2n) is 6.40. The molecule has 0 aromatic heterocycles. The monoisotopic (exact) mass is 368 g/mol. The number of carboxylic acids is 1. The Morgan fingerprint density at radius 1 is 1.26 bits per heavy atom. The third kappa shape index (κ3) is 4.78. The van der Waals surface area contributed by atoms with Crippen LogP contribution in [0.25, 0.3) is 0 Å². The Labute approximate surface area is 159 Å². The molecule has 0 aliphatic heterocycles. The SMILES string of the molecule is CCCc1ccc(OCCO)c(C(C)(Nc2ccc(C#N)cc2)C(=O)O)c1. The lowest BCUT2D eigenvalue weighted by Gasteiger charge is -2.30. The maximum absolute atomic E-state index is 12.2. The van der Waals surface area contributed by atoms with Crippen molar-refractivity contribution in [1.29, 1.82) is 5.26 Å². The fraction of sp³-hybridized carbons (Fsp3) is 0.333. The predicted octanol–water partition coefficient (Wildman–Crippen LogP) is 3.29. The number of hydrogen-bond acceptors (Lipinski definition) is 5. The smallest absolute Gasteiger partial charge is 0.333 e. The lowest BCUT2D eigenvalue weighted by molar-refractivity contribution is -0.142. The van der Waals surface area contributed by atoms with E-state index in [0.717, 1.165) is 18.4 Å². The van der Waals surface area contributed by atoms with Gasteiger partial charge in [0.25, 0.3) is 0 Å². The molecular formula is C21H24N2O4. The first-order chi connectivity index (χ1) is 12.9. The Morgan fingerprint density at radius 3 is 2.52 bits per heavy atom. The van der Waals surface area contributed by atoms with Crippen LogP contribution in [-0.2, 0) is 16.8 Å². The minimum absolute atomic E-state index is 0.0761. The summed E-state index contributed by atoms with van der Waals surface area (Å²) >= 11 is 0. The average molecular weight is 368 g/mol. The summed E-state index contributed by atoms with van der Waals surface area (Å²) in [5.41, 5.74) is 1.11. The van der Waals surface area contributed by atoms with E-state index in [0.29, 0.717) is 22.6 Å². The van der Waals surface area contributed by atoms with Crippen LogP contribution < -0.4 is 10.1 Å². The van der Waals surface area contributed by atoms with Gasteiger partial charge in [0.15, 0.2) is 5.54 Å². The van der Waals surface area contributed by atoms with Gasteiger partial charge in [-0.3, -0.25) is 0 Å². The van der Waals surface area contributed by atoms with Gasteiger partial charge in [0.2, 0.25) is 0 Å². The molecule has 0 bridgehead atoms. The number of benzene rings is 2. The topological polar surface area (TPSA) is 103 Å². The van der Waals surface area contributed by atoms with E-state index in [4.69, 9.17) is 15.1 Å². The summed E-state index contributed by atoms with van der Waals surface area (Å²) in [6.07, 6.45) is 1.75. The van der Waals surface area contributed by atoms with Gasteiger partial charge in [-0.2, -0.15) is 5.26 Å². The molecule has 1 unspecified atom stereocenters. The summed E-state index contributed by atoms with van der Waals surface area (Å²) in [4.78, 5) is 12.2. The van der Waals surface area contributed by atoms with Crippen molar-refractivity contribution in [3.63, 3.8) is 0 Å². The average Bonchev–Trinajstić information content (AvgIpc) is 2.67. The molecule has 3 N–H and O–H groups in total. The molecule has 27 heavy (non-hydrogen) atoms. The van der Waals surface area contributed by atoms with Crippen molar-refractivity contribution in [3.05, 3.63) is 59.2 Å². The maximum atomic E-state index is 12.2. The number of aliphatic carboxylic acids is 1. The van der Waals surface area contributed by atoms with Crippen molar-refractivity contribution in [3.8, 4) is 11.8 Å². The van der Waals surface area contributed by atoms with Crippen LogP contribution in [0.2, 0.25) is 0 Å². The van der Waals surface area contributed by atoms with Gasteiger partial charge in [-0.25, -0.2) is 4.79 Å². The highest BCUT2D eigenvalue weighted by atomic mass is 16.5.